The molecule has 1 aromatic heterocycles. The maximum Gasteiger partial charge on any atom is 0.0619 e. The largest absolute Gasteiger partial charge is 0.380 e. The van der Waals surface area contributed by atoms with E-state index in [9.17, 15) is 0 Å². The third-order valence-corrected chi connectivity index (χ3v) is 3.89. The third-order valence-electron chi connectivity index (χ3n) is 3.89. The summed E-state index contributed by atoms with van der Waals surface area (Å²) >= 11 is 0. The fourth-order valence-corrected chi connectivity index (χ4v) is 2.91. The first kappa shape index (κ1) is 12.7. The molecule has 1 aliphatic rings. The quantitative estimate of drug-likeness (QED) is 0.888. The van der Waals surface area contributed by atoms with Gasteiger partial charge in [0.05, 0.1) is 6.61 Å². The van der Waals surface area contributed by atoms with Crippen LogP contribution in [0.4, 0.5) is 0 Å². The first-order chi connectivity index (χ1) is 9.22. The highest BCUT2D eigenvalue weighted by Gasteiger charge is 2.13. The summed E-state index contributed by atoms with van der Waals surface area (Å²) in [6.45, 7) is 6.97. The van der Waals surface area contributed by atoms with E-state index >= 15 is 0 Å². The summed E-state index contributed by atoms with van der Waals surface area (Å²) in [7, 11) is 0. The van der Waals surface area contributed by atoms with Gasteiger partial charge in [0, 0.05) is 35.8 Å². The monoisotopic (exact) mass is 258 g/mol. The Morgan fingerprint density at radius 2 is 2.21 bits per heavy atom. The molecule has 1 atom stereocenters. The van der Waals surface area contributed by atoms with Gasteiger partial charge in [0.2, 0.25) is 0 Å². The highest BCUT2D eigenvalue weighted by atomic mass is 16.5. The van der Waals surface area contributed by atoms with Crippen LogP contribution in [0.3, 0.4) is 0 Å². The van der Waals surface area contributed by atoms with Gasteiger partial charge in [-0.25, -0.2) is 0 Å². The molecule has 2 N–H and O–H groups in total. The molecule has 102 valence electrons. The summed E-state index contributed by atoms with van der Waals surface area (Å²) in [6.07, 6.45) is 2.39. The minimum atomic E-state index is 0.503. The van der Waals surface area contributed by atoms with Crippen LogP contribution in [0.2, 0.25) is 0 Å². The number of aromatic nitrogens is 1. The summed E-state index contributed by atoms with van der Waals surface area (Å²) in [5, 5.41) is 4.91. The lowest BCUT2D eigenvalue weighted by atomic mass is 10.1. The average molecular weight is 258 g/mol. The van der Waals surface area contributed by atoms with Crippen molar-refractivity contribution in [3.63, 3.8) is 0 Å². The summed E-state index contributed by atoms with van der Waals surface area (Å²) in [6, 6.07) is 7.22. The number of aryl methyl sites for hydroxylation is 2. The molecule has 0 spiro atoms. The number of hydrogen-bond donors (Lipinski definition) is 2. The van der Waals surface area contributed by atoms with Crippen molar-refractivity contribution in [3.05, 3.63) is 35.0 Å². The Hall–Kier alpha value is -1.32. The molecule has 2 aromatic rings. The summed E-state index contributed by atoms with van der Waals surface area (Å²) in [4.78, 5) is 3.51. The van der Waals surface area contributed by atoms with E-state index in [4.69, 9.17) is 4.74 Å². The van der Waals surface area contributed by atoms with Crippen molar-refractivity contribution < 1.29 is 4.74 Å². The minimum Gasteiger partial charge on any atom is -0.380 e. The second kappa shape index (κ2) is 5.35. The van der Waals surface area contributed by atoms with E-state index < -0.39 is 0 Å². The van der Waals surface area contributed by atoms with Crippen molar-refractivity contribution in [3.8, 4) is 0 Å². The number of nitrogens with one attached hydrogen (secondary N) is 2. The highest BCUT2D eigenvalue weighted by molar-refractivity contribution is 5.84. The molecule has 0 bridgehead atoms. The van der Waals surface area contributed by atoms with E-state index in [0.29, 0.717) is 6.04 Å². The molecule has 3 heteroatoms. The van der Waals surface area contributed by atoms with Crippen LogP contribution in [0.25, 0.3) is 10.9 Å². The van der Waals surface area contributed by atoms with Gasteiger partial charge in [-0.1, -0.05) is 6.07 Å². The van der Waals surface area contributed by atoms with Crippen molar-refractivity contribution in [2.45, 2.75) is 39.3 Å². The van der Waals surface area contributed by atoms with Gasteiger partial charge in [0.1, 0.15) is 0 Å². The second-order valence-electron chi connectivity index (χ2n) is 5.63. The van der Waals surface area contributed by atoms with Gasteiger partial charge in [0.15, 0.2) is 0 Å². The average Bonchev–Trinajstić information content (AvgIpc) is 2.81. The Morgan fingerprint density at radius 1 is 1.32 bits per heavy atom. The van der Waals surface area contributed by atoms with Crippen LogP contribution in [0.5, 0.6) is 0 Å². The Bertz CT molecular complexity index is 567. The molecule has 0 aliphatic carbocycles. The molecule has 2 heterocycles. The summed E-state index contributed by atoms with van der Waals surface area (Å²) < 4.78 is 5.49. The zero-order valence-electron chi connectivity index (χ0n) is 11.8. The standard InChI is InChI=1S/C16H22N2O/c1-11-6-12(2)15-8-14(18-16(15)7-11)9-17-13-4-3-5-19-10-13/h6-8,13,17-18H,3-5,9-10H2,1-2H3/t13-/m0/s1. The van der Waals surface area contributed by atoms with Gasteiger partial charge in [-0.05, 0) is 49.9 Å². The Morgan fingerprint density at radius 3 is 3.00 bits per heavy atom. The first-order valence-corrected chi connectivity index (χ1v) is 7.12. The summed E-state index contributed by atoms with van der Waals surface area (Å²) in [5.74, 6) is 0. The van der Waals surface area contributed by atoms with E-state index in [2.05, 4.69) is 42.3 Å². The van der Waals surface area contributed by atoms with Crippen molar-refractivity contribution in [1.29, 1.82) is 0 Å². The lowest BCUT2D eigenvalue weighted by Gasteiger charge is -2.22. The van der Waals surface area contributed by atoms with Crippen molar-refractivity contribution in [2.24, 2.45) is 0 Å². The minimum absolute atomic E-state index is 0.503. The molecule has 19 heavy (non-hydrogen) atoms. The van der Waals surface area contributed by atoms with E-state index in [0.717, 1.165) is 19.8 Å². The van der Waals surface area contributed by atoms with Crippen LogP contribution in [0.1, 0.15) is 29.7 Å². The van der Waals surface area contributed by atoms with Gasteiger partial charge < -0.3 is 15.0 Å². The SMILES string of the molecule is Cc1cc(C)c2cc(CN[C@H]3CCCOC3)[nH]c2c1. The third kappa shape index (κ3) is 2.82. The van der Waals surface area contributed by atoms with Crippen LogP contribution in [0, 0.1) is 13.8 Å². The fraction of sp³-hybridized carbons (Fsp3) is 0.500. The zero-order chi connectivity index (χ0) is 13.2. The van der Waals surface area contributed by atoms with Crippen LogP contribution in [-0.4, -0.2) is 24.2 Å². The number of benzene rings is 1. The van der Waals surface area contributed by atoms with Crippen LogP contribution in [-0.2, 0) is 11.3 Å². The number of ether oxygens (including phenoxy) is 1. The maximum absolute atomic E-state index is 5.49. The molecule has 3 rings (SSSR count). The van der Waals surface area contributed by atoms with Crippen LogP contribution in [0.15, 0.2) is 18.2 Å². The predicted octanol–water partition coefficient (Wildman–Crippen LogP) is 3.05. The van der Waals surface area contributed by atoms with E-state index in [1.807, 2.05) is 0 Å². The molecule has 3 nitrogen and oxygen atoms in total. The van der Waals surface area contributed by atoms with Crippen LogP contribution < -0.4 is 5.32 Å². The van der Waals surface area contributed by atoms with Gasteiger partial charge in [-0.3, -0.25) is 0 Å². The van der Waals surface area contributed by atoms with Crippen molar-refractivity contribution in [2.75, 3.05) is 13.2 Å². The van der Waals surface area contributed by atoms with E-state index in [1.165, 1.54) is 40.6 Å². The van der Waals surface area contributed by atoms with E-state index in [-0.39, 0.29) is 0 Å². The maximum atomic E-state index is 5.49. The highest BCUT2D eigenvalue weighted by Crippen LogP contribution is 2.21. The summed E-state index contributed by atoms with van der Waals surface area (Å²) in [5.41, 5.74) is 5.16. The van der Waals surface area contributed by atoms with Gasteiger partial charge in [-0.2, -0.15) is 0 Å². The second-order valence-corrected chi connectivity index (χ2v) is 5.63. The molecule has 1 aromatic carbocycles. The predicted molar refractivity (Wildman–Crippen MR) is 78.5 cm³/mol. The number of H-pyrrole nitrogens is 1. The molecule has 0 amide bonds. The number of hydrogen-bond acceptors (Lipinski definition) is 2. The van der Waals surface area contributed by atoms with Gasteiger partial charge in [-0.15, -0.1) is 0 Å². The molecular formula is C16H22N2O. The fourth-order valence-electron chi connectivity index (χ4n) is 2.91. The first-order valence-electron chi connectivity index (χ1n) is 7.12. The molecule has 1 aliphatic heterocycles. The van der Waals surface area contributed by atoms with Crippen molar-refractivity contribution >= 4 is 10.9 Å². The lowest BCUT2D eigenvalue weighted by Crippen LogP contribution is -2.36. The number of fused-ring (bicyclic) bond motifs is 1. The zero-order valence-corrected chi connectivity index (χ0v) is 11.8. The Kier molecular flexibility index (Phi) is 3.58. The molecule has 0 radical (unpaired) electrons. The molecule has 1 saturated heterocycles. The van der Waals surface area contributed by atoms with E-state index in [1.54, 1.807) is 0 Å². The molecular weight excluding hydrogens is 236 g/mol. The van der Waals surface area contributed by atoms with Crippen LogP contribution >= 0.6 is 0 Å². The lowest BCUT2D eigenvalue weighted by molar-refractivity contribution is 0.0698. The van der Waals surface area contributed by atoms with Gasteiger partial charge in [0.25, 0.3) is 0 Å². The topological polar surface area (TPSA) is 37.0 Å². The smallest absolute Gasteiger partial charge is 0.0619 e. The van der Waals surface area contributed by atoms with Crippen molar-refractivity contribution in [1.82, 2.24) is 10.3 Å². The molecule has 1 fully saturated rings. The molecule has 0 unspecified atom stereocenters. The Balaban J connectivity index is 1.72. The molecule has 0 saturated carbocycles. The van der Waals surface area contributed by atoms with Gasteiger partial charge >= 0.3 is 0 Å². The number of rotatable bonds is 3. The Labute approximate surface area is 114 Å². The normalized spacial score (nSPS) is 20.0. The number of aromatic amines is 1.